The van der Waals surface area contributed by atoms with Gasteiger partial charge in [0.05, 0.1) is 15.7 Å². The minimum absolute atomic E-state index is 0.0999. The average molecular weight is 312 g/mol. The van der Waals surface area contributed by atoms with Gasteiger partial charge < -0.3 is 9.52 Å². The second-order valence-corrected chi connectivity index (χ2v) is 4.21. The molecule has 0 aliphatic carbocycles. The fourth-order valence-electron chi connectivity index (χ4n) is 1.24. The van der Waals surface area contributed by atoms with Gasteiger partial charge in [0.2, 0.25) is 0 Å². The number of hydrogen-bond donors (Lipinski definition) is 1. The fraction of sp³-hybridized carbons (Fsp3) is 0. The van der Waals surface area contributed by atoms with Crippen LogP contribution in [0.5, 0.6) is 5.95 Å². The number of aliphatic imine (C=N–C) groups is 1. The maximum absolute atomic E-state index is 13.3. The van der Waals surface area contributed by atoms with Gasteiger partial charge in [-0.2, -0.15) is 0 Å². The fourth-order valence-corrected chi connectivity index (χ4v) is 1.57. The van der Waals surface area contributed by atoms with Crippen molar-refractivity contribution >= 4 is 27.8 Å². The van der Waals surface area contributed by atoms with Crippen molar-refractivity contribution in [2.45, 2.75) is 0 Å². The third-order valence-corrected chi connectivity index (χ3v) is 2.67. The molecule has 0 radical (unpaired) electrons. The van der Waals surface area contributed by atoms with Crippen LogP contribution >= 0.6 is 15.9 Å². The molecule has 0 atom stereocenters. The molecule has 0 amide bonds. The summed E-state index contributed by atoms with van der Waals surface area (Å²) in [6.07, 6.45) is 1.18. The summed E-state index contributed by atoms with van der Waals surface area (Å²) < 4.78 is 18.0. The number of aromatic hydroxyl groups is 1. The van der Waals surface area contributed by atoms with Crippen LogP contribution < -0.4 is 5.63 Å². The topological polar surface area (TPSA) is 62.8 Å². The maximum atomic E-state index is 13.3. The van der Waals surface area contributed by atoms with E-state index in [-0.39, 0.29) is 15.7 Å². The molecule has 0 fully saturated rings. The van der Waals surface area contributed by atoms with E-state index in [1.54, 1.807) is 12.1 Å². The van der Waals surface area contributed by atoms with E-state index in [1.807, 2.05) is 0 Å². The molecule has 0 unspecified atom stereocenters. The van der Waals surface area contributed by atoms with Gasteiger partial charge in [-0.25, -0.2) is 9.18 Å². The minimum atomic E-state index is -0.754. The summed E-state index contributed by atoms with van der Waals surface area (Å²) in [4.78, 5) is 15.2. The van der Waals surface area contributed by atoms with E-state index < -0.39 is 17.4 Å². The highest BCUT2D eigenvalue weighted by atomic mass is 79.9. The van der Waals surface area contributed by atoms with Crippen molar-refractivity contribution in [2.75, 3.05) is 0 Å². The molecule has 1 aromatic heterocycles. The first-order valence-corrected chi connectivity index (χ1v) is 5.68. The summed E-state index contributed by atoms with van der Waals surface area (Å²) in [6, 6.07) is 7.25. The Morgan fingerprint density at radius 3 is 2.83 bits per heavy atom. The van der Waals surface area contributed by atoms with Crippen LogP contribution in [0.25, 0.3) is 0 Å². The van der Waals surface area contributed by atoms with E-state index >= 15 is 0 Å². The zero-order chi connectivity index (χ0) is 13.1. The highest BCUT2D eigenvalue weighted by Crippen LogP contribution is 2.22. The third-order valence-electron chi connectivity index (χ3n) is 2.11. The van der Waals surface area contributed by atoms with E-state index in [4.69, 9.17) is 5.11 Å². The van der Waals surface area contributed by atoms with Crippen LogP contribution in [0.15, 0.2) is 49.0 Å². The summed E-state index contributed by atoms with van der Waals surface area (Å²) >= 11 is 3.00. The van der Waals surface area contributed by atoms with Crippen molar-refractivity contribution in [3.63, 3.8) is 0 Å². The van der Waals surface area contributed by atoms with E-state index in [0.29, 0.717) is 0 Å². The van der Waals surface area contributed by atoms with Gasteiger partial charge in [-0.1, -0.05) is 12.1 Å². The largest absolute Gasteiger partial charge is 0.480 e. The molecule has 2 rings (SSSR count). The van der Waals surface area contributed by atoms with Gasteiger partial charge in [0.15, 0.2) is 0 Å². The second-order valence-electron chi connectivity index (χ2n) is 3.35. The van der Waals surface area contributed by atoms with Crippen molar-refractivity contribution in [1.82, 2.24) is 0 Å². The lowest BCUT2D eigenvalue weighted by molar-refractivity contribution is 0.305. The van der Waals surface area contributed by atoms with Crippen molar-refractivity contribution in [2.24, 2.45) is 4.99 Å². The Balaban J connectivity index is 2.38. The van der Waals surface area contributed by atoms with Crippen LogP contribution in [0.1, 0.15) is 5.56 Å². The Hall–Kier alpha value is -1.95. The van der Waals surface area contributed by atoms with Gasteiger partial charge in [-0.3, -0.25) is 4.99 Å². The number of hydrogen-bond acceptors (Lipinski definition) is 4. The molecular weight excluding hydrogens is 305 g/mol. The molecule has 0 aliphatic heterocycles. The standard InChI is InChI=1S/C12H7BrFNO3/c13-8-5-7(11(16)18-12(8)17)6-15-10-4-2-1-3-9(10)14/h1-6,17H. The molecule has 0 aliphatic rings. The Bertz CT molecular complexity index is 667. The lowest BCUT2D eigenvalue weighted by Crippen LogP contribution is -2.05. The van der Waals surface area contributed by atoms with Gasteiger partial charge in [0.25, 0.3) is 5.95 Å². The van der Waals surface area contributed by atoms with Crippen LogP contribution in [-0.4, -0.2) is 11.3 Å². The molecule has 4 nitrogen and oxygen atoms in total. The molecule has 2 aromatic rings. The molecule has 0 saturated carbocycles. The highest BCUT2D eigenvalue weighted by molar-refractivity contribution is 9.10. The molecule has 0 bridgehead atoms. The predicted molar refractivity (Wildman–Crippen MR) is 68.0 cm³/mol. The Labute approximate surface area is 110 Å². The molecule has 1 heterocycles. The van der Waals surface area contributed by atoms with Crippen LogP contribution in [-0.2, 0) is 0 Å². The van der Waals surface area contributed by atoms with Crippen LogP contribution in [0.3, 0.4) is 0 Å². The average Bonchev–Trinajstić information content (AvgIpc) is 2.34. The first-order chi connectivity index (χ1) is 8.58. The maximum Gasteiger partial charge on any atom is 0.347 e. The first-order valence-electron chi connectivity index (χ1n) is 4.89. The normalized spacial score (nSPS) is 11.0. The van der Waals surface area contributed by atoms with Crippen molar-refractivity contribution < 1.29 is 13.9 Å². The van der Waals surface area contributed by atoms with E-state index in [9.17, 15) is 9.18 Å². The predicted octanol–water partition coefficient (Wildman–Crippen LogP) is 3.00. The molecule has 1 N–H and O–H groups in total. The zero-order valence-electron chi connectivity index (χ0n) is 8.93. The quantitative estimate of drug-likeness (QED) is 0.867. The molecule has 6 heteroatoms. The lowest BCUT2D eigenvalue weighted by atomic mass is 10.3. The monoisotopic (exact) mass is 311 g/mol. The van der Waals surface area contributed by atoms with Crippen LogP contribution in [0.4, 0.5) is 10.1 Å². The summed E-state index contributed by atoms with van der Waals surface area (Å²) in [5, 5.41) is 9.14. The van der Waals surface area contributed by atoms with Crippen molar-refractivity contribution in [3.8, 4) is 5.95 Å². The number of benzene rings is 1. The van der Waals surface area contributed by atoms with Gasteiger partial charge in [0, 0.05) is 6.21 Å². The van der Waals surface area contributed by atoms with E-state index in [2.05, 4.69) is 25.3 Å². The Morgan fingerprint density at radius 1 is 1.39 bits per heavy atom. The second kappa shape index (κ2) is 5.14. The number of nitrogens with zero attached hydrogens (tertiary/aromatic N) is 1. The molecule has 0 spiro atoms. The molecular formula is C12H7BrFNO3. The zero-order valence-corrected chi connectivity index (χ0v) is 10.5. The van der Waals surface area contributed by atoms with Gasteiger partial charge in [0.1, 0.15) is 5.82 Å². The summed E-state index contributed by atoms with van der Waals surface area (Å²) in [5.74, 6) is -1.00. The summed E-state index contributed by atoms with van der Waals surface area (Å²) in [5.41, 5.74) is -0.542. The number of rotatable bonds is 2. The lowest BCUT2D eigenvalue weighted by Gasteiger charge is -1.97. The van der Waals surface area contributed by atoms with Gasteiger partial charge >= 0.3 is 5.63 Å². The minimum Gasteiger partial charge on any atom is -0.480 e. The Kier molecular flexibility index (Phi) is 3.57. The SMILES string of the molecule is O=c1oc(O)c(Br)cc1C=Nc1ccccc1F. The van der Waals surface area contributed by atoms with Crippen molar-refractivity contribution in [3.05, 3.63) is 56.6 Å². The van der Waals surface area contributed by atoms with Crippen LogP contribution in [0.2, 0.25) is 0 Å². The van der Waals surface area contributed by atoms with Crippen molar-refractivity contribution in [1.29, 1.82) is 0 Å². The molecule has 0 saturated heterocycles. The number of halogens is 2. The van der Waals surface area contributed by atoms with Gasteiger partial charge in [-0.15, -0.1) is 0 Å². The van der Waals surface area contributed by atoms with E-state index in [1.165, 1.54) is 24.4 Å². The van der Waals surface area contributed by atoms with E-state index in [0.717, 1.165) is 0 Å². The summed E-state index contributed by atoms with van der Waals surface area (Å²) in [7, 11) is 0. The van der Waals surface area contributed by atoms with Gasteiger partial charge in [-0.05, 0) is 34.1 Å². The molecule has 1 aromatic carbocycles. The summed E-state index contributed by atoms with van der Waals surface area (Å²) in [6.45, 7) is 0. The third kappa shape index (κ3) is 2.65. The number of para-hydroxylation sites is 1. The molecule has 92 valence electrons. The Morgan fingerprint density at radius 2 is 2.11 bits per heavy atom. The first kappa shape index (κ1) is 12.5. The highest BCUT2D eigenvalue weighted by Gasteiger charge is 2.06. The smallest absolute Gasteiger partial charge is 0.347 e. The van der Waals surface area contributed by atoms with Crippen LogP contribution in [0, 0.1) is 5.82 Å². The molecule has 18 heavy (non-hydrogen) atoms.